The highest BCUT2D eigenvalue weighted by Gasteiger charge is 2.39. The summed E-state index contributed by atoms with van der Waals surface area (Å²) in [6.07, 6.45) is 4.94. The molecule has 0 aromatic rings. The summed E-state index contributed by atoms with van der Waals surface area (Å²) < 4.78 is 0. The van der Waals surface area contributed by atoms with Gasteiger partial charge in [0.15, 0.2) is 0 Å². The molecule has 2 amide bonds. The predicted octanol–water partition coefficient (Wildman–Crippen LogP) is 0.571. The van der Waals surface area contributed by atoms with Crippen molar-refractivity contribution in [3.05, 3.63) is 0 Å². The topological polar surface area (TPSA) is 60.9 Å². The normalized spacial score (nSPS) is 26.6. The van der Waals surface area contributed by atoms with Crippen LogP contribution in [0.3, 0.4) is 0 Å². The maximum absolute atomic E-state index is 12.0. The summed E-state index contributed by atoms with van der Waals surface area (Å²) in [5.41, 5.74) is 0. The number of aliphatic hydroxyl groups excluding tert-OH is 1. The number of amides is 2. The number of thioether (sulfide) groups is 1. The van der Waals surface area contributed by atoms with E-state index in [4.69, 9.17) is 5.11 Å². The van der Waals surface area contributed by atoms with Crippen LogP contribution < -0.4 is 0 Å². The van der Waals surface area contributed by atoms with Crippen LogP contribution in [0.4, 0.5) is 0 Å². The third-order valence-corrected chi connectivity index (χ3v) is 4.86. The summed E-state index contributed by atoms with van der Waals surface area (Å²) in [4.78, 5) is 27.9. The first kappa shape index (κ1) is 15.6. The number of rotatable bonds is 5. The lowest BCUT2D eigenvalue weighted by molar-refractivity contribution is -0.143. The molecule has 2 aliphatic rings. The number of carbonyl (C=O) groups is 2. The Labute approximate surface area is 124 Å². The van der Waals surface area contributed by atoms with Gasteiger partial charge < -0.3 is 14.9 Å². The second kappa shape index (κ2) is 7.31. The van der Waals surface area contributed by atoms with Gasteiger partial charge in [0.25, 0.3) is 0 Å². The standard InChI is InChI=1S/C14H24N2O3S/c1-20-10-14(19)15-7-5-12-11(9-15)3-4-13(18)16(12)6-2-8-17/h11-12,17H,2-10H2,1H3. The van der Waals surface area contributed by atoms with Gasteiger partial charge in [0, 0.05) is 38.7 Å². The molecule has 6 heteroatoms. The molecular weight excluding hydrogens is 276 g/mol. The van der Waals surface area contributed by atoms with Gasteiger partial charge in [-0.25, -0.2) is 0 Å². The van der Waals surface area contributed by atoms with Crippen molar-refractivity contribution in [2.75, 3.05) is 38.2 Å². The van der Waals surface area contributed by atoms with E-state index in [0.29, 0.717) is 31.1 Å². The van der Waals surface area contributed by atoms with Gasteiger partial charge in [0.1, 0.15) is 0 Å². The van der Waals surface area contributed by atoms with E-state index in [2.05, 4.69) is 0 Å². The lowest BCUT2D eigenvalue weighted by Gasteiger charge is -2.47. The van der Waals surface area contributed by atoms with Gasteiger partial charge in [-0.3, -0.25) is 9.59 Å². The molecule has 2 atom stereocenters. The molecule has 1 N–H and O–H groups in total. The zero-order chi connectivity index (χ0) is 14.5. The molecule has 5 nitrogen and oxygen atoms in total. The Morgan fingerprint density at radius 3 is 2.95 bits per heavy atom. The summed E-state index contributed by atoms with van der Waals surface area (Å²) in [5, 5.41) is 8.96. The Morgan fingerprint density at radius 1 is 1.45 bits per heavy atom. The highest BCUT2D eigenvalue weighted by atomic mass is 32.2. The molecule has 114 valence electrons. The van der Waals surface area contributed by atoms with E-state index in [9.17, 15) is 9.59 Å². The predicted molar refractivity (Wildman–Crippen MR) is 79.5 cm³/mol. The number of hydrogen-bond donors (Lipinski definition) is 1. The quantitative estimate of drug-likeness (QED) is 0.806. The third-order valence-electron chi connectivity index (χ3n) is 4.32. The fraction of sp³-hybridized carbons (Fsp3) is 0.857. The average molecular weight is 300 g/mol. The number of likely N-dealkylation sites (tertiary alicyclic amines) is 2. The Bertz CT molecular complexity index is 364. The Balaban J connectivity index is 1.96. The Hall–Kier alpha value is -0.750. The molecule has 0 saturated carbocycles. The maximum Gasteiger partial charge on any atom is 0.232 e. The van der Waals surface area contributed by atoms with Crippen LogP contribution in [0.15, 0.2) is 0 Å². The second-order valence-electron chi connectivity index (χ2n) is 5.59. The zero-order valence-corrected chi connectivity index (χ0v) is 12.9. The fourth-order valence-electron chi connectivity index (χ4n) is 3.32. The van der Waals surface area contributed by atoms with Crippen LogP contribution >= 0.6 is 11.8 Å². The van der Waals surface area contributed by atoms with Crippen molar-refractivity contribution in [3.63, 3.8) is 0 Å². The van der Waals surface area contributed by atoms with Crippen LogP contribution in [0.2, 0.25) is 0 Å². The van der Waals surface area contributed by atoms with Gasteiger partial charge in [-0.1, -0.05) is 0 Å². The number of carbonyl (C=O) groups excluding carboxylic acids is 2. The molecule has 20 heavy (non-hydrogen) atoms. The first-order valence-electron chi connectivity index (χ1n) is 7.34. The molecule has 2 unspecified atom stereocenters. The summed E-state index contributed by atoms with van der Waals surface area (Å²) >= 11 is 1.56. The molecule has 0 aliphatic carbocycles. The smallest absolute Gasteiger partial charge is 0.232 e. The second-order valence-corrected chi connectivity index (χ2v) is 6.46. The van der Waals surface area contributed by atoms with Gasteiger partial charge in [-0.2, -0.15) is 11.8 Å². The maximum atomic E-state index is 12.0. The highest BCUT2D eigenvalue weighted by Crippen LogP contribution is 2.31. The number of nitrogens with zero attached hydrogens (tertiary/aromatic N) is 2. The Morgan fingerprint density at radius 2 is 2.25 bits per heavy atom. The van der Waals surface area contributed by atoms with Crippen molar-refractivity contribution < 1.29 is 14.7 Å². The minimum absolute atomic E-state index is 0.125. The third kappa shape index (κ3) is 3.47. The van der Waals surface area contributed by atoms with E-state index in [1.807, 2.05) is 16.1 Å². The van der Waals surface area contributed by atoms with Crippen LogP contribution in [0.1, 0.15) is 25.7 Å². The van der Waals surface area contributed by atoms with E-state index < -0.39 is 0 Å². The first-order chi connectivity index (χ1) is 9.67. The van der Waals surface area contributed by atoms with Gasteiger partial charge in [-0.15, -0.1) is 0 Å². The molecule has 0 radical (unpaired) electrons. The van der Waals surface area contributed by atoms with E-state index in [0.717, 1.165) is 25.9 Å². The van der Waals surface area contributed by atoms with Crippen LogP contribution in [0.25, 0.3) is 0 Å². The zero-order valence-electron chi connectivity index (χ0n) is 12.1. The lowest BCUT2D eigenvalue weighted by Crippen LogP contribution is -2.57. The largest absolute Gasteiger partial charge is 0.396 e. The Kier molecular flexibility index (Phi) is 5.72. The van der Waals surface area contributed by atoms with Crippen molar-refractivity contribution in [2.45, 2.75) is 31.7 Å². The van der Waals surface area contributed by atoms with Crippen molar-refractivity contribution in [2.24, 2.45) is 5.92 Å². The van der Waals surface area contributed by atoms with Crippen molar-refractivity contribution in [1.29, 1.82) is 0 Å². The van der Waals surface area contributed by atoms with Crippen molar-refractivity contribution in [3.8, 4) is 0 Å². The monoisotopic (exact) mass is 300 g/mol. The van der Waals surface area contributed by atoms with Crippen LogP contribution in [-0.4, -0.2) is 71.0 Å². The van der Waals surface area contributed by atoms with E-state index in [-0.39, 0.29) is 24.5 Å². The van der Waals surface area contributed by atoms with Crippen molar-refractivity contribution in [1.82, 2.24) is 9.80 Å². The first-order valence-corrected chi connectivity index (χ1v) is 8.73. The molecule has 0 bridgehead atoms. The van der Waals surface area contributed by atoms with Crippen LogP contribution in [0.5, 0.6) is 0 Å². The number of piperidine rings is 2. The molecular formula is C14H24N2O3S. The number of fused-ring (bicyclic) bond motifs is 1. The molecule has 2 rings (SSSR count). The van der Waals surface area contributed by atoms with E-state index >= 15 is 0 Å². The van der Waals surface area contributed by atoms with Gasteiger partial charge in [0.05, 0.1) is 5.75 Å². The summed E-state index contributed by atoms with van der Waals surface area (Å²) in [5.74, 6) is 1.38. The molecule has 2 aliphatic heterocycles. The summed E-state index contributed by atoms with van der Waals surface area (Å²) in [7, 11) is 0. The summed E-state index contributed by atoms with van der Waals surface area (Å²) in [6, 6.07) is 0.265. The molecule has 0 spiro atoms. The molecule has 2 heterocycles. The SMILES string of the molecule is CSCC(=O)N1CCC2C(CCC(=O)N2CCCO)C1. The molecule has 0 aromatic heterocycles. The van der Waals surface area contributed by atoms with Crippen LogP contribution in [-0.2, 0) is 9.59 Å². The van der Waals surface area contributed by atoms with E-state index in [1.54, 1.807) is 11.8 Å². The lowest BCUT2D eigenvalue weighted by atomic mass is 9.83. The molecule has 2 fully saturated rings. The summed E-state index contributed by atoms with van der Waals surface area (Å²) in [6.45, 7) is 2.31. The highest BCUT2D eigenvalue weighted by molar-refractivity contribution is 7.99. The van der Waals surface area contributed by atoms with Gasteiger partial charge in [0.2, 0.25) is 11.8 Å². The van der Waals surface area contributed by atoms with Crippen molar-refractivity contribution >= 4 is 23.6 Å². The minimum atomic E-state index is 0.125. The van der Waals surface area contributed by atoms with E-state index in [1.165, 1.54) is 0 Å². The minimum Gasteiger partial charge on any atom is -0.396 e. The average Bonchev–Trinajstić information content (AvgIpc) is 2.46. The van der Waals surface area contributed by atoms with Crippen LogP contribution in [0, 0.1) is 5.92 Å². The fourth-order valence-corrected chi connectivity index (χ4v) is 3.75. The number of hydrogen-bond acceptors (Lipinski definition) is 4. The van der Waals surface area contributed by atoms with Gasteiger partial charge >= 0.3 is 0 Å². The number of aliphatic hydroxyl groups is 1. The van der Waals surface area contributed by atoms with Gasteiger partial charge in [-0.05, 0) is 31.4 Å². The molecule has 0 aromatic carbocycles. The molecule has 2 saturated heterocycles.